The molecule has 0 N–H and O–H groups in total. The van der Waals surface area contributed by atoms with Crippen molar-refractivity contribution in [2.45, 2.75) is 0 Å². The molecule has 0 aliphatic rings. The van der Waals surface area contributed by atoms with E-state index in [9.17, 15) is 0 Å². The van der Waals surface area contributed by atoms with Crippen LogP contribution >= 0.6 is 0 Å². The fraction of sp³-hybridized carbons (Fsp3) is 0. The third kappa shape index (κ3) is 4.29. The summed E-state index contributed by atoms with van der Waals surface area (Å²) in [7, 11) is 0. The molecule has 2 aromatic heterocycles. The van der Waals surface area contributed by atoms with Crippen molar-refractivity contribution in [3.8, 4) is 11.4 Å². The number of hydrogen-bond acceptors (Lipinski definition) is 1. The molecule has 10 rings (SSSR count). The largest absolute Gasteiger partial charge is 0.310 e. The van der Waals surface area contributed by atoms with Crippen LogP contribution in [0.2, 0.25) is 0 Å². The number of nitrogens with zero attached hydrogens (tertiary/aromatic N) is 3. The fourth-order valence-electron chi connectivity index (χ4n) is 7.72. The molecule has 49 heavy (non-hydrogen) atoms. The average Bonchev–Trinajstić information content (AvgIpc) is 3.69. The van der Waals surface area contributed by atoms with Crippen molar-refractivity contribution in [1.29, 1.82) is 0 Å². The molecule has 0 radical (unpaired) electrons. The van der Waals surface area contributed by atoms with Gasteiger partial charge in [0.2, 0.25) is 0 Å². The molecule has 10 aromatic rings. The third-order valence-electron chi connectivity index (χ3n) is 9.86. The highest BCUT2D eigenvalue weighted by Crippen LogP contribution is 2.43. The maximum Gasteiger partial charge on any atom is 0.0641 e. The quantitative estimate of drug-likeness (QED) is 0.185. The molecule has 2 heterocycles. The summed E-state index contributed by atoms with van der Waals surface area (Å²) in [5.74, 6) is 0. The van der Waals surface area contributed by atoms with E-state index >= 15 is 0 Å². The molecule has 230 valence electrons. The number of para-hydroxylation sites is 4. The minimum absolute atomic E-state index is 1.11. The lowest BCUT2D eigenvalue weighted by Crippen LogP contribution is -2.10. The van der Waals surface area contributed by atoms with E-state index in [-0.39, 0.29) is 0 Å². The maximum atomic E-state index is 2.46. The van der Waals surface area contributed by atoms with Crippen molar-refractivity contribution in [3.05, 3.63) is 188 Å². The topological polar surface area (TPSA) is 13.1 Å². The van der Waals surface area contributed by atoms with Crippen molar-refractivity contribution >= 4 is 71.4 Å². The summed E-state index contributed by atoms with van der Waals surface area (Å²) in [4.78, 5) is 2.34. The summed E-state index contributed by atoms with van der Waals surface area (Å²) in [6.07, 6.45) is 0. The van der Waals surface area contributed by atoms with E-state index < -0.39 is 0 Å². The Morgan fingerprint density at radius 3 is 1.67 bits per heavy atom. The van der Waals surface area contributed by atoms with Crippen LogP contribution in [0.1, 0.15) is 0 Å². The minimum atomic E-state index is 1.11. The Balaban J connectivity index is 1.21. The Kier molecular flexibility index (Phi) is 6.18. The van der Waals surface area contributed by atoms with Crippen LogP contribution in [0.3, 0.4) is 0 Å². The lowest BCUT2D eigenvalue weighted by Gasteiger charge is -2.26. The molecular formula is C46H31N3. The van der Waals surface area contributed by atoms with Crippen LogP contribution in [-0.4, -0.2) is 9.13 Å². The van der Waals surface area contributed by atoms with Crippen molar-refractivity contribution < 1.29 is 0 Å². The van der Waals surface area contributed by atoms with Gasteiger partial charge in [0.1, 0.15) is 0 Å². The lowest BCUT2D eigenvalue weighted by atomic mass is 10.1. The zero-order valence-corrected chi connectivity index (χ0v) is 26.7. The zero-order valence-electron chi connectivity index (χ0n) is 26.7. The first kappa shape index (κ1) is 27.5. The fourth-order valence-corrected chi connectivity index (χ4v) is 7.72. The number of fused-ring (bicyclic) bond motifs is 8. The van der Waals surface area contributed by atoms with Gasteiger partial charge in [0.25, 0.3) is 0 Å². The molecule has 0 saturated carbocycles. The van der Waals surface area contributed by atoms with Crippen LogP contribution in [0.15, 0.2) is 188 Å². The first-order valence-electron chi connectivity index (χ1n) is 16.8. The van der Waals surface area contributed by atoms with Crippen molar-refractivity contribution in [2.75, 3.05) is 4.90 Å². The standard InChI is InChI=1S/C46H31N3/c1-3-15-34(16-4-1)47(38-24-23-32-13-7-8-14-33(32)31-38)36-25-27-37(28-26-36)49-42-21-11-9-19-39(42)40-29-30-44-45(46(40)49)41-20-10-12-22-43(41)48(44)35-17-5-2-6-18-35/h1-31H. The van der Waals surface area contributed by atoms with E-state index in [2.05, 4.69) is 202 Å². The molecule has 0 amide bonds. The number of aromatic nitrogens is 2. The van der Waals surface area contributed by atoms with Crippen LogP contribution in [0.5, 0.6) is 0 Å². The molecule has 0 atom stereocenters. The van der Waals surface area contributed by atoms with Gasteiger partial charge in [-0.15, -0.1) is 0 Å². The van der Waals surface area contributed by atoms with Crippen LogP contribution in [0.4, 0.5) is 17.1 Å². The predicted molar refractivity (Wildman–Crippen MR) is 207 cm³/mol. The lowest BCUT2D eigenvalue weighted by molar-refractivity contribution is 1.17. The molecule has 0 aliphatic carbocycles. The molecule has 0 unspecified atom stereocenters. The van der Waals surface area contributed by atoms with Gasteiger partial charge in [-0.25, -0.2) is 0 Å². The molecule has 0 fully saturated rings. The van der Waals surface area contributed by atoms with Gasteiger partial charge in [-0.3, -0.25) is 0 Å². The smallest absolute Gasteiger partial charge is 0.0641 e. The number of hydrogen-bond donors (Lipinski definition) is 0. The molecule has 0 bridgehead atoms. The van der Waals surface area contributed by atoms with E-state index in [1.54, 1.807) is 0 Å². The van der Waals surface area contributed by atoms with Crippen LogP contribution < -0.4 is 4.90 Å². The minimum Gasteiger partial charge on any atom is -0.310 e. The van der Waals surface area contributed by atoms with E-state index in [1.165, 1.54) is 54.4 Å². The highest BCUT2D eigenvalue weighted by atomic mass is 15.1. The van der Waals surface area contributed by atoms with E-state index in [1.807, 2.05) is 0 Å². The summed E-state index contributed by atoms with van der Waals surface area (Å²) < 4.78 is 4.86. The second-order valence-electron chi connectivity index (χ2n) is 12.6. The van der Waals surface area contributed by atoms with E-state index in [0.29, 0.717) is 0 Å². The van der Waals surface area contributed by atoms with Gasteiger partial charge in [0.05, 0.1) is 22.1 Å². The SMILES string of the molecule is c1ccc(N(c2ccc(-n3c4ccccc4c4ccc5c(c6ccccc6n5-c5ccccc5)c43)cc2)c2ccc3ccccc3c2)cc1. The summed E-state index contributed by atoms with van der Waals surface area (Å²) in [5, 5.41) is 7.48. The highest BCUT2D eigenvalue weighted by Gasteiger charge is 2.21. The van der Waals surface area contributed by atoms with Crippen molar-refractivity contribution in [2.24, 2.45) is 0 Å². The van der Waals surface area contributed by atoms with Gasteiger partial charge in [-0.05, 0) is 89.6 Å². The third-order valence-corrected chi connectivity index (χ3v) is 9.86. The Morgan fingerprint density at radius 1 is 0.327 bits per heavy atom. The number of benzene rings is 8. The Morgan fingerprint density at radius 2 is 0.898 bits per heavy atom. The summed E-state index contributed by atoms with van der Waals surface area (Å²) in [6.45, 7) is 0. The second kappa shape index (κ2) is 11.0. The van der Waals surface area contributed by atoms with Crippen molar-refractivity contribution in [3.63, 3.8) is 0 Å². The summed E-state index contributed by atoms with van der Waals surface area (Å²) >= 11 is 0. The van der Waals surface area contributed by atoms with E-state index in [4.69, 9.17) is 0 Å². The van der Waals surface area contributed by atoms with Gasteiger partial charge in [-0.1, -0.05) is 109 Å². The second-order valence-corrected chi connectivity index (χ2v) is 12.6. The van der Waals surface area contributed by atoms with Gasteiger partial charge in [0, 0.05) is 50.0 Å². The van der Waals surface area contributed by atoms with Gasteiger partial charge >= 0.3 is 0 Å². The van der Waals surface area contributed by atoms with Crippen LogP contribution in [0, 0.1) is 0 Å². The summed E-state index contributed by atoms with van der Waals surface area (Å²) in [5.41, 5.74) is 10.5. The molecule has 8 aromatic carbocycles. The van der Waals surface area contributed by atoms with Crippen molar-refractivity contribution in [1.82, 2.24) is 9.13 Å². The highest BCUT2D eigenvalue weighted by molar-refractivity contribution is 6.26. The predicted octanol–water partition coefficient (Wildman–Crippen LogP) is 12.5. The normalized spacial score (nSPS) is 11.7. The first-order chi connectivity index (χ1) is 24.3. The number of rotatable bonds is 5. The molecule has 3 heteroatoms. The first-order valence-corrected chi connectivity index (χ1v) is 16.8. The van der Waals surface area contributed by atoms with Crippen LogP contribution in [0.25, 0.3) is 65.8 Å². The molecular weight excluding hydrogens is 595 g/mol. The van der Waals surface area contributed by atoms with Gasteiger partial charge in [-0.2, -0.15) is 0 Å². The Labute approximate surface area is 284 Å². The van der Waals surface area contributed by atoms with Crippen LogP contribution in [-0.2, 0) is 0 Å². The molecule has 0 saturated heterocycles. The van der Waals surface area contributed by atoms with E-state index in [0.717, 1.165) is 28.4 Å². The Bertz CT molecular complexity index is 2810. The maximum absolute atomic E-state index is 2.46. The monoisotopic (exact) mass is 625 g/mol. The number of anilines is 3. The molecule has 0 aliphatic heterocycles. The average molecular weight is 626 g/mol. The Hall–Kier alpha value is -6.58. The molecule has 0 spiro atoms. The zero-order chi connectivity index (χ0) is 32.3. The summed E-state index contributed by atoms with van der Waals surface area (Å²) in [6, 6.07) is 67.8. The molecule has 3 nitrogen and oxygen atoms in total. The van der Waals surface area contributed by atoms with Gasteiger partial charge < -0.3 is 14.0 Å². The van der Waals surface area contributed by atoms with Gasteiger partial charge in [0.15, 0.2) is 0 Å².